The molecule has 1 saturated heterocycles. The number of ether oxygens (including phenoxy) is 1. The number of piperazine rings is 1. The molecule has 8 nitrogen and oxygen atoms in total. The third kappa shape index (κ3) is 5.86. The van der Waals surface area contributed by atoms with E-state index in [0.717, 1.165) is 5.56 Å². The first-order valence-electron chi connectivity index (χ1n) is 10.2. The molecular weight excluding hydrogens is 454 g/mol. The fourth-order valence-corrected chi connectivity index (χ4v) is 4.77. The van der Waals surface area contributed by atoms with Gasteiger partial charge < -0.3 is 10.1 Å². The number of benzene rings is 2. The topological polar surface area (TPSA) is 96.0 Å². The first-order valence-corrected chi connectivity index (χ1v) is 12.2. The summed E-state index contributed by atoms with van der Waals surface area (Å²) >= 11 is 6.02. The van der Waals surface area contributed by atoms with Gasteiger partial charge >= 0.3 is 5.97 Å². The Morgan fingerprint density at radius 3 is 2.47 bits per heavy atom. The minimum atomic E-state index is -3.16. The highest BCUT2D eigenvalue weighted by molar-refractivity contribution is 7.89. The van der Waals surface area contributed by atoms with Gasteiger partial charge in [-0.05, 0) is 42.8 Å². The predicted octanol–water partition coefficient (Wildman–Crippen LogP) is 2.85. The lowest BCUT2D eigenvalue weighted by molar-refractivity contribution is 0.0600. The van der Waals surface area contributed by atoms with E-state index in [-0.39, 0.29) is 22.2 Å². The second-order valence-corrected chi connectivity index (χ2v) is 10.1. The Hall–Kier alpha value is -2.46. The Morgan fingerprint density at radius 1 is 1.09 bits per heavy atom. The van der Waals surface area contributed by atoms with Crippen LogP contribution in [0.1, 0.15) is 33.2 Å². The predicted molar refractivity (Wildman–Crippen MR) is 123 cm³/mol. The molecule has 1 aliphatic heterocycles. The van der Waals surface area contributed by atoms with E-state index in [9.17, 15) is 18.0 Å². The van der Waals surface area contributed by atoms with Gasteiger partial charge in [0.25, 0.3) is 5.91 Å². The van der Waals surface area contributed by atoms with E-state index >= 15 is 0 Å². The van der Waals surface area contributed by atoms with E-state index in [4.69, 9.17) is 16.3 Å². The van der Waals surface area contributed by atoms with Crippen molar-refractivity contribution < 1.29 is 22.7 Å². The summed E-state index contributed by atoms with van der Waals surface area (Å²) in [6.45, 7) is 4.48. The molecule has 0 spiro atoms. The third-order valence-electron chi connectivity index (χ3n) is 5.31. The number of sulfonamides is 1. The van der Waals surface area contributed by atoms with Crippen molar-refractivity contribution in [2.75, 3.05) is 44.4 Å². The molecule has 0 bridgehead atoms. The largest absolute Gasteiger partial charge is 0.465 e. The van der Waals surface area contributed by atoms with Crippen LogP contribution in [0.3, 0.4) is 0 Å². The van der Waals surface area contributed by atoms with Gasteiger partial charge in [-0.3, -0.25) is 9.69 Å². The van der Waals surface area contributed by atoms with Gasteiger partial charge in [-0.2, -0.15) is 4.31 Å². The minimum Gasteiger partial charge on any atom is -0.465 e. The Kier molecular flexibility index (Phi) is 7.89. The van der Waals surface area contributed by atoms with E-state index in [1.54, 1.807) is 19.1 Å². The Bertz CT molecular complexity index is 1100. The van der Waals surface area contributed by atoms with Crippen LogP contribution in [0.2, 0.25) is 5.02 Å². The van der Waals surface area contributed by atoms with Gasteiger partial charge in [0.15, 0.2) is 0 Å². The van der Waals surface area contributed by atoms with Gasteiger partial charge in [-0.15, -0.1) is 0 Å². The number of hydrogen-bond donors (Lipinski definition) is 1. The van der Waals surface area contributed by atoms with Crippen LogP contribution >= 0.6 is 11.6 Å². The SMILES string of the molecule is CCS(=O)(=O)N1CCN(Cc2cccc(C(=O)Nc3ccc(Cl)c(C(=O)OC)c3)c2)CC1. The van der Waals surface area contributed by atoms with Crippen molar-refractivity contribution in [1.29, 1.82) is 0 Å². The lowest BCUT2D eigenvalue weighted by Gasteiger charge is -2.33. The quantitative estimate of drug-likeness (QED) is 0.613. The van der Waals surface area contributed by atoms with E-state index < -0.39 is 16.0 Å². The van der Waals surface area contributed by atoms with Crippen LogP contribution in [-0.2, 0) is 21.3 Å². The molecule has 10 heteroatoms. The fourth-order valence-electron chi connectivity index (χ4n) is 3.49. The number of esters is 1. The zero-order chi connectivity index (χ0) is 23.3. The molecule has 0 aromatic heterocycles. The molecule has 1 fully saturated rings. The maximum absolute atomic E-state index is 12.7. The molecule has 2 aromatic carbocycles. The molecule has 32 heavy (non-hydrogen) atoms. The van der Waals surface area contributed by atoms with Crippen LogP contribution in [0, 0.1) is 0 Å². The fraction of sp³-hybridized carbons (Fsp3) is 0.364. The molecule has 1 aliphatic rings. The van der Waals surface area contributed by atoms with E-state index in [0.29, 0.717) is 44.0 Å². The minimum absolute atomic E-state index is 0.110. The zero-order valence-corrected chi connectivity index (χ0v) is 19.6. The maximum Gasteiger partial charge on any atom is 0.339 e. The molecule has 0 unspecified atom stereocenters. The van der Waals surface area contributed by atoms with Crippen molar-refractivity contribution in [1.82, 2.24) is 9.21 Å². The Labute approximate surface area is 193 Å². The summed E-state index contributed by atoms with van der Waals surface area (Å²) in [5.41, 5.74) is 2.03. The second kappa shape index (κ2) is 10.4. The van der Waals surface area contributed by atoms with Crippen molar-refractivity contribution in [2.45, 2.75) is 13.5 Å². The summed E-state index contributed by atoms with van der Waals surface area (Å²) in [4.78, 5) is 26.7. The normalized spacial score (nSPS) is 15.3. The van der Waals surface area contributed by atoms with Crippen LogP contribution in [0.4, 0.5) is 5.69 Å². The molecule has 0 aliphatic carbocycles. The molecule has 0 radical (unpaired) electrons. The van der Waals surface area contributed by atoms with Gasteiger partial charge in [0, 0.05) is 44.0 Å². The van der Waals surface area contributed by atoms with Crippen LogP contribution in [0.25, 0.3) is 0 Å². The molecule has 2 aromatic rings. The summed E-state index contributed by atoms with van der Waals surface area (Å²) < 4.78 is 30.3. The summed E-state index contributed by atoms with van der Waals surface area (Å²) in [5.74, 6) is -0.789. The van der Waals surface area contributed by atoms with Gasteiger partial charge in [0.1, 0.15) is 0 Å². The van der Waals surface area contributed by atoms with Crippen molar-refractivity contribution in [2.24, 2.45) is 0 Å². The number of nitrogens with one attached hydrogen (secondary N) is 1. The highest BCUT2D eigenvalue weighted by Crippen LogP contribution is 2.22. The third-order valence-corrected chi connectivity index (χ3v) is 7.53. The average molecular weight is 480 g/mol. The molecule has 1 amide bonds. The molecule has 0 saturated carbocycles. The number of carbonyl (C=O) groups excluding carboxylic acids is 2. The lowest BCUT2D eigenvalue weighted by Crippen LogP contribution is -2.48. The number of hydrogen-bond acceptors (Lipinski definition) is 6. The summed E-state index contributed by atoms with van der Waals surface area (Å²) in [6.07, 6.45) is 0. The summed E-state index contributed by atoms with van der Waals surface area (Å²) in [5, 5.41) is 3.01. The van der Waals surface area contributed by atoms with Crippen LogP contribution in [-0.4, -0.2) is 68.5 Å². The number of rotatable bonds is 7. The molecule has 1 heterocycles. The Balaban J connectivity index is 1.64. The molecule has 172 valence electrons. The number of anilines is 1. The Morgan fingerprint density at radius 2 is 1.81 bits per heavy atom. The number of methoxy groups -OCH3 is 1. The first-order chi connectivity index (χ1) is 15.2. The highest BCUT2D eigenvalue weighted by Gasteiger charge is 2.25. The van der Waals surface area contributed by atoms with Crippen molar-refractivity contribution >= 4 is 39.2 Å². The van der Waals surface area contributed by atoms with Gasteiger partial charge in [-0.1, -0.05) is 23.7 Å². The highest BCUT2D eigenvalue weighted by atomic mass is 35.5. The van der Waals surface area contributed by atoms with Crippen LogP contribution < -0.4 is 5.32 Å². The second-order valence-electron chi connectivity index (χ2n) is 7.42. The van der Waals surface area contributed by atoms with Crippen molar-refractivity contribution in [3.63, 3.8) is 0 Å². The molecule has 1 N–H and O–H groups in total. The number of halogens is 1. The van der Waals surface area contributed by atoms with Crippen LogP contribution in [0.5, 0.6) is 0 Å². The van der Waals surface area contributed by atoms with Gasteiger partial charge in [0.05, 0.1) is 23.4 Å². The molecule has 3 rings (SSSR count). The van der Waals surface area contributed by atoms with Crippen LogP contribution in [0.15, 0.2) is 42.5 Å². The first kappa shape index (κ1) is 24.2. The van der Waals surface area contributed by atoms with E-state index in [1.165, 1.54) is 23.5 Å². The number of amides is 1. The van der Waals surface area contributed by atoms with E-state index in [2.05, 4.69) is 10.2 Å². The van der Waals surface area contributed by atoms with Crippen molar-refractivity contribution in [3.8, 4) is 0 Å². The zero-order valence-electron chi connectivity index (χ0n) is 18.0. The molecular formula is C22H26ClN3O5S. The molecule has 0 atom stereocenters. The standard InChI is InChI=1S/C22H26ClN3O5S/c1-3-32(29,30)26-11-9-25(10-12-26)15-16-5-4-6-17(13-16)21(27)24-18-7-8-20(23)19(14-18)22(28)31-2/h4-8,13-14H,3,9-12,15H2,1-2H3,(H,24,27). The smallest absolute Gasteiger partial charge is 0.339 e. The number of nitrogens with zero attached hydrogens (tertiary/aromatic N) is 2. The van der Waals surface area contributed by atoms with Gasteiger partial charge in [0.2, 0.25) is 10.0 Å². The maximum atomic E-state index is 12.7. The monoisotopic (exact) mass is 479 g/mol. The van der Waals surface area contributed by atoms with Gasteiger partial charge in [-0.25, -0.2) is 13.2 Å². The summed E-state index contributed by atoms with van der Waals surface area (Å²) in [6, 6.07) is 11.9. The van der Waals surface area contributed by atoms with Crippen molar-refractivity contribution in [3.05, 3.63) is 64.2 Å². The number of carbonyl (C=O) groups is 2. The van der Waals surface area contributed by atoms with E-state index in [1.807, 2.05) is 18.2 Å². The lowest BCUT2D eigenvalue weighted by atomic mass is 10.1. The average Bonchev–Trinajstić information content (AvgIpc) is 2.80. The summed E-state index contributed by atoms with van der Waals surface area (Å²) in [7, 11) is -1.90.